The Labute approximate surface area is 71.9 Å². The second-order valence-electron chi connectivity index (χ2n) is 1.67. The van der Waals surface area contributed by atoms with Gasteiger partial charge in [0.25, 0.3) is 11.9 Å². The second kappa shape index (κ2) is 12.7. The number of hydrogen-bond acceptors (Lipinski definition) is 4. The van der Waals surface area contributed by atoms with Crippen LogP contribution in [0.15, 0.2) is 0 Å². The first-order valence-electron chi connectivity index (χ1n) is 2.95. The topological polar surface area (TPSA) is 115 Å². The van der Waals surface area contributed by atoms with Gasteiger partial charge in [0.15, 0.2) is 0 Å². The third-order valence-corrected chi connectivity index (χ3v) is 0. The van der Waals surface area contributed by atoms with Crippen LogP contribution in [0.3, 0.4) is 0 Å². The summed E-state index contributed by atoms with van der Waals surface area (Å²) in [5.74, 6) is -1.67. The lowest BCUT2D eigenvalue weighted by atomic mass is 10.9. The molecule has 0 bridgehead atoms. The summed E-state index contributed by atoms with van der Waals surface area (Å²) in [6.07, 6.45) is 0. The van der Waals surface area contributed by atoms with E-state index >= 15 is 0 Å². The molecule has 0 radical (unpaired) electrons. The van der Waals surface area contributed by atoms with E-state index in [0.29, 0.717) is 0 Å². The van der Waals surface area contributed by atoms with Gasteiger partial charge in [0.05, 0.1) is 0 Å². The first kappa shape index (κ1) is 17.2. The summed E-state index contributed by atoms with van der Waals surface area (Å²) >= 11 is 0. The van der Waals surface area contributed by atoms with E-state index in [4.69, 9.17) is 29.4 Å². The molecule has 0 aromatic rings. The van der Waals surface area contributed by atoms with E-state index in [1.54, 1.807) is 0 Å². The molecule has 0 rings (SSSR count). The van der Waals surface area contributed by atoms with E-state index in [9.17, 15) is 0 Å². The van der Waals surface area contributed by atoms with Gasteiger partial charge in [-0.1, -0.05) is 0 Å². The fourth-order valence-corrected chi connectivity index (χ4v) is 0. The summed E-state index contributed by atoms with van der Waals surface area (Å²) in [6.45, 7) is 3.58. The maximum atomic E-state index is 9.00. The molecule has 0 saturated carbocycles. The molecule has 0 saturated heterocycles. The number of aliphatic carboxylic acids is 2. The molecule has 6 nitrogen and oxygen atoms in total. The average molecular weight is 198 g/mol. The maximum Gasteiger partial charge on any atom is 0.312 e. The SMILES string of the molecule is CC(=O)O.CC(=O)O.C[SiH](O)O. The van der Waals surface area contributed by atoms with Crippen molar-refractivity contribution in [3.8, 4) is 0 Å². The molecule has 0 spiro atoms. The van der Waals surface area contributed by atoms with Gasteiger partial charge in [-0.05, 0) is 6.55 Å². The molecule has 7 heteroatoms. The lowest BCUT2D eigenvalue weighted by molar-refractivity contribution is -0.135. The number of hydrogen-bond donors (Lipinski definition) is 4. The molecular formula is C5H14O6Si. The van der Waals surface area contributed by atoms with Gasteiger partial charge in [-0.25, -0.2) is 0 Å². The first-order chi connectivity index (χ1) is 5.20. The van der Waals surface area contributed by atoms with Gasteiger partial charge in [-0.2, -0.15) is 0 Å². The summed E-state index contributed by atoms with van der Waals surface area (Å²) in [5, 5.41) is 14.8. The molecule has 0 atom stereocenters. The van der Waals surface area contributed by atoms with Gasteiger partial charge in [-0.15, -0.1) is 0 Å². The van der Waals surface area contributed by atoms with Crippen molar-refractivity contribution in [1.29, 1.82) is 0 Å². The highest BCUT2D eigenvalue weighted by molar-refractivity contribution is 6.38. The molecule has 0 heterocycles. The average Bonchev–Trinajstić information content (AvgIpc) is 1.54. The van der Waals surface area contributed by atoms with Crippen LogP contribution in [0.25, 0.3) is 0 Å². The van der Waals surface area contributed by atoms with E-state index in [-0.39, 0.29) is 0 Å². The Balaban J connectivity index is -0.000000101. The molecule has 0 aromatic carbocycles. The Morgan fingerprint density at radius 1 is 1.00 bits per heavy atom. The molecule has 74 valence electrons. The Kier molecular flexibility index (Phi) is 18.3. The number of carboxylic acids is 2. The third-order valence-electron chi connectivity index (χ3n) is 0. The number of carboxylic acid groups (broad SMARTS) is 2. The molecule has 0 amide bonds. The van der Waals surface area contributed by atoms with E-state index in [1.165, 1.54) is 6.55 Å². The number of rotatable bonds is 0. The maximum absolute atomic E-state index is 9.00. The van der Waals surface area contributed by atoms with Crippen LogP contribution in [0.2, 0.25) is 6.55 Å². The Morgan fingerprint density at radius 3 is 1.00 bits per heavy atom. The molecule has 0 aromatic heterocycles. The van der Waals surface area contributed by atoms with Crippen LogP contribution in [0, 0.1) is 0 Å². The quantitative estimate of drug-likeness (QED) is 0.371. The molecule has 0 fully saturated rings. The van der Waals surface area contributed by atoms with Crippen LogP contribution in [0.5, 0.6) is 0 Å². The van der Waals surface area contributed by atoms with Crippen LogP contribution in [0.1, 0.15) is 13.8 Å². The van der Waals surface area contributed by atoms with Gasteiger partial charge in [0.1, 0.15) is 0 Å². The molecule has 0 aliphatic heterocycles. The van der Waals surface area contributed by atoms with Crippen LogP contribution in [-0.2, 0) is 9.59 Å². The molecular weight excluding hydrogens is 184 g/mol. The minimum absolute atomic E-state index is 0.833. The molecule has 0 unspecified atom stereocenters. The minimum Gasteiger partial charge on any atom is -0.481 e. The minimum atomic E-state index is -2.14. The van der Waals surface area contributed by atoms with Crippen molar-refractivity contribution >= 4 is 21.2 Å². The predicted octanol–water partition coefficient (Wildman–Crippen LogP) is -0.997. The summed E-state index contributed by atoms with van der Waals surface area (Å²) in [6, 6.07) is 0. The van der Waals surface area contributed by atoms with E-state index in [0.717, 1.165) is 13.8 Å². The summed E-state index contributed by atoms with van der Waals surface area (Å²) in [4.78, 5) is 33.5. The smallest absolute Gasteiger partial charge is 0.312 e. The van der Waals surface area contributed by atoms with Gasteiger partial charge in [-0.3, -0.25) is 9.59 Å². The standard InChI is InChI=1S/2C2H4O2.CH6O2Si/c2*1-2(3)4;1-4(2)3/h2*1H3,(H,3,4);2-4H,1H3. The molecule has 4 N–H and O–H groups in total. The summed E-state index contributed by atoms with van der Waals surface area (Å²) in [5.41, 5.74) is 0. The van der Waals surface area contributed by atoms with Crippen LogP contribution < -0.4 is 0 Å². The summed E-state index contributed by atoms with van der Waals surface area (Å²) < 4.78 is 0. The van der Waals surface area contributed by atoms with E-state index in [1.807, 2.05) is 0 Å². The Hall–Kier alpha value is -0.923. The van der Waals surface area contributed by atoms with Crippen molar-refractivity contribution in [2.75, 3.05) is 0 Å². The first-order valence-corrected chi connectivity index (χ1v) is 5.14. The third kappa shape index (κ3) is 695. The lowest BCUT2D eigenvalue weighted by Gasteiger charge is -1.75. The second-order valence-corrected chi connectivity index (χ2v) is 2.93. The largest absolute Gasteiger partial charge is 0.481 e. The van der Waals surface area contributed by atoms with Crippen molar-refractivity contribution in [2.45, 2.75) is 20.4 Å². The van der Waals surface area contributed by atoms with Gasteiger partial charge in [0.2, 0.25) is 0 Å². The Bertz CT molecular complexity index is 100. The van der Waals surface area contributed by atoms with Crippen molar-refractivity contribution in [2.24, 2.45) is 0 Å². The van der Waals surface area contributed by atoms with Crippen molar-refractivity contribution in [3.63, 3.8) is 0 Å². The normalized spacial score (nSPS) is 7.17. The molecule has 12 heavy (non-hydrogen) atoms. The molecule has 0 aliphatic carbocycles. The van der Waals surface area contributed by atoms with Crippen molar-refractivity contribution in [1.82, 2.24) is 0 Å². The van der Waals surface area contributed by atoms with Gasteiger partial charge < -0.3 is 19.8 Å². The zero-order valence-electron chi connectivity index (χ0n) is 7.18. The van der Waals surface area contributed by atoms with Crippen LogP contribution in [0.4, 0.5) is 0 Å². The van der Waals surface area contributed by atoms with E-state index < -0.39 is 21.2 Å². The molecule has 0 aliphatic rings. The van der Waals surface area contributed by atoms with Crippen molar-refractivity contribution in [3.05, 3.63) is 0 Å². The highest BCUT2D eigenvalue weighted by atomic mass is 28.3. The zero-order chi connectivity index (χ0) is 10.7. The lowest BCUT2D eigenvalue weighted by Crippen LogP contribution is -2.00. The highest BCUT2D eigenvalue weighted by Crippen LogP contribution is 1.51. The number of carbonyl (C=O) groups is 2. The van der Waals surface area contributed by atoms with E-state index in [2.05, 4.69) is 0 Å². The van der Waals surface area contributed by atoms with Gasteiger partial charge >= 0.3 is 9.28 Å². The monoisotopic (exact) mass is 198 g/mol. The zero-order valence-corrected chi connectivity index (χ0v) is 8.34. The Morgan fingerprint density at radius 2 is 1.00 bits per heavy atom. The fraction of sp³-hybridized carbons (Fsp3) is 0.600. The van der Waals surface area contributed by atoms with Crippen LogP contribution in [-0.4, -0.2) is 41.0 Å². The van der Waals surface area contributed by atoms with Crippen molar-refractivity contribution < 1.29 is 29.4 Å². The van der Waals surface area contributed by atoms with Crippen LogP contribution >= 0.6 is 0 Å². The van der Waals surface area contributed by atoms with Gasteiger partial charge in [0, 0.05) is 13.8 Å². The summed E-state index contributed by atoms with van der Waals surface area (Å²) in [7, 11) is -2.14. The predicted molar refractivity (Wildman–Crippen MR) is 44.1 cm³/mol. The highest BCUT2D eigenvalue weighted by Gasteiger charge is 1.78. The fourth-order valence-electron chi connectivity index (χ4n) is 0.